The van der Waals surface area contributed by atoms with Crippen molar-refractivity contribution in [3.05, 3.63) is 30.5 Å². The molecule has 2 aromatic heterocycles. The molecule has 0 bridgehead atoms. The average molecular weight is 232 g/mol. The third-order valence-corrected chi connectivity index (χ3v) is 3.06. The van der Waals surface area contributed by atoms with Crippen molar-refractivity contribution in [2.75, 3.05) is 7.05 Å². The van der Waals surface area contributed by atoms with Gasteiger partial charge in [0.25, 0.3) is 0 Å². The van der Waals surface area contributed by atoms with Crippen LogP contribution in [0, 0.1) is 0 Å². The molecule has 2 aromatic rings. The first-order chi connectivity index (χ1) is 7.68. The van der Waals surface area contributed by atoms with Gasteiger partial charge in [-0.3, -0.25) is 5.10 Å². The van der Waals surface area contributed by atoms with Gasteiger partial charge in [-0.05, 0) is 0 Å². The molecule has 5 nitrogen and oxygen atoms in total. The number of rotatable bonds is 1. The largest absolute Gasteiger partial charge is 0.285 e. The van der Waals surface area contributed by atoms with Gasteiger partial charge in [0.05, 0.1) is 33.9 Å². The van der Waals surface area contributed by atoms with Gasteiger partial charge < -0.3 is 0 Å². The number of aromatic nitrogens is 4. The van der Waals surface area contributed by atoms with E-state index in [0.717, 1.165) is 22.6 Å². The molecule has 0 radical (unpaired) electrons. The lowest BCUT2D eigenvalue weighted by Gasteiger charge is -2.19. The number of H-pyrrole nitrogens is 1. The number of hydrogen-bond donors (Lipinski definition) is 1. The Morgan fingerprint density at radius 2 is 2.25 bits per heavy atom. The summed E-state index contributed by atoms with van der Waals surface area (Å²) in [5, 5.41) is 6.74. The van der Waals surface area contributed by atoms with Gasteiger partial charge in [0.2, 0.25) is 5.82 Å². The molecule has 1 aliphatic heterocycles. The summed E-state index contributed by atoms with van der Waals surface area (Å²) in [6.07, 6.45) is 9.30. The summed E-state index contributed by atoms with van der Waals surface area (Å²) in [7, 11) is 4.81. The van der Waals surface area contributed by atoms with Crippen LogP contribution < -0.4 is 4.25 Å². The molecule has 2 atom stereocenters. The molecule has 2 unspecified atom stereocenters. The van der Waals surface area contributed by atoms with Gasteiger partial charge in [-0.2, -0.15) is 10.1 Å². The number of nitrogens with one attached hydrogen (secondary N) is 1. The Hall–Kier alpha value is -1.58. The molecule has 0 aliphatic carbocycles. The summed E-state index contributed by atoms with van der Waals surface area (Å²) in [5.74, 6) is 0.983. The molecule has 80 valence electrons. The molecule has 0 amide bonds. The highest BCUT2D eigenvalue weighted by molar-refractivity contribution is 7.16. The fraction of sp³-hybridized carbons (Fsp3) is 0.100. The van der Waals surface area contributed by atoms with E-state index < -0.39 is 0 Å². The van der Waals surface area contributed by atoms with Crippen molar-refractivity contribution in [2.24, 2.45) is 0 Å². The molecule has 3 rings (SSSR count). The van der Waals surface area contributed by atoms with Crippen LogP contribution in [0.2, 0.25) is 0 Å². The Bertz CT molecular complexity index is 559. The fourth-order valence-corrected chi connectivity index (χ4v) is 2.13. The normalized spacial score (nSPS) is 22.4. The Balaban J connectivity index is 2.24. The smallest absolute Gasteiger partial charge is 0.244 e. The first kappa shape index (κ1) is 9.63. The molecule has 1 aliphatic rings. The Kier molecular flexibility index (Phi) is 1.93. The van der Waals surface area contributed by atoms with Crippen LogP contribution in [0.4, 0.5) is 5.82 Å². The van der Waals surface area contributed by atoms with E-state index in [1.165, 1.54) is 0 Å². The Morgan fingerprint density at radius 1 is 1.38 bits per heavy atom. The maximum absolute atomic E-state index is 4.33. The van der Waals surface area contributed by atoms with E-state index in [0.29, 0.717) is 4.25 Å². The lowest BCUT2D eigenvalue weighted by atomic mass is 10.1. The molecule has 0 fully saturated rings. The van der Waals surface area contributed by atoms with Crippen LogP contribution in [0.3, 0.4) is 0 Å². The van der Waals surface area contributed by atoms with Crippen LogP contribution in [0.15, 0.2) is 24.9 Å². The highest BCUT2D eigenvalue weighted by Gasteiger charge is 2.30. The molecular formula is C10H11N5P+. The molecule has 0 aromatic carbocycles. The van der Waals surface area contributed by atoms with Crippen molar-refractivity contribution in [2.45, 2.75) is 0 Å². The molecule has 0 saturated carbocycles. The monoisotopic (exact) mass is 232 g/mol. The Morgan fingerprint density at radius 3 is 3.00 bits per heavy atom. The third kappa shape index (κ3) is 1.29. The van der Waals surface area contributed by atoms with Crippen LogP contribution in [-0.4, -0.2) is 27.2 Å². The summed E-state index contributed by atoms with van der Waals surface area (Å²) >= 11 is 0. The zero-order valence-electron chi connectivity index (χ0n) is 8.75. The SMILES string of the molecule is C[N+]1(P)C=Cc2c(-c3cn[nH]c3)ncnc21. The minimum absolute atomic E-state index is 0.572. The van der Waals surface area contributed by atoms with Gasteiger partial charge >= 0.3 is 0 Å². The minimum Gasteiger partial charge on any atom is -0.285 e. The number of nitrogens with zero attached hydrogens (tertiary/aromatic N) is 4. The Labute approximate surface area is 95.1 Å². The van der Waals surface area contributed by atoms with Crippen molar-refractivity contribution in [1.29, 1.82) is 0 Å². The second kappa shape index (κ2) is 3.20. The van der Waals surface area contributed by atoms with Gasteiger partial charge in [-0.1, -0.05) is 0 Å². The van der Waals surface area contributed by atoms with E-state index in [-0.39, 0.29) is 0 Å². The molecule has 3 heterocycles. The summed E-state index contributed by atoms with van der Waals surface area (Å²) in [6.45, 7) is 0. The lowest BCUT2D eigenvalue weighted by Crippen LogP contribution is -2.24. The minimum atomic E-state index is 0.572. The maximum Gasteiger partial charge on any atom is 0.244 e. The highest BCUT2D eigenvalue weighted by atomic mass is 31.0. The quantitative estimate of drug-likeness (QED) is 0.759. The first-order valence-corrected chi connectivity index (χ1v) is 5.39. The summed E-state index contributed by atoms with van der Waals surface area (Å²) in [4.78, 5) is 8.65. The van der Waals surface area contributed by atoms with Crippen LogP contribution in [-0.2, 0) is 0 Å². The summed E-state index contributed by atoms with van der Waals surface area (Å²) < 4.78 is 0.572. The standard InChI is InChI=1S/C10H11N5P/c1-15(16)3-2-8-9(7-4-13-14-5-7)11-6-12-10(8)15/h2-6H,16H2,1H3,(H,13,14)/q+1. The van der Waals surface area contributed by atoms with E-state index in [4.69, 9.17) is 0 Å². The van der Waals surface area contributed by atoms with Crippen molar-refractivity contribution < 1.29 is 0 Å². The zero-order chi connectivity index (χ0) is 11.2. The van der Waals surface area contributed by atoms with E-state index >= 15 is 0 Å². The van der Waals surface area contributed by atoms with Crippen molar-refractivity contribution >= 4 is 21.3 Å². The van der Waals surface area contributed by atoms with Crippen LogP contribution in [0.25, 0.3) is 17.3 Å². The van der Waals surface area contributed by atoms with Crippen molar-refractivity contribution in [3.63, 3.8) is 0 Å². The van der Waals surface area contributed by atoms with Gasteiger partial charge in [0.15, 0.2) is 0 Å². The predicted molar refractivity (Wildman–Crippen MR) is 66.1 cm³/mol. The van der Waals surface area contributed by atoms with Gasteiger partial charge in [-0.15, -0.1) is 0 Å². The molecule has 0 saturated heterocycles. The fourth-order valence-electron chi connectivity index (χ4n) is 1.83. The summed E-state index contributed by atoms with van der Waals surface area (Å²) in [5.41, 5.74) is 2.95. The van der Waals surface area contributed by atoms with Crippen LogP contribution >= 0.6 is 9.39 Å². The van der Waals surface area contributed by atoms with Crippen LogP contribution in [0.1, 0.15) is 5.56 Å². The van der Waals surface area contributed by atoms with Gasteiger partial charge in [0.1, 0.15) is 12.5 Å². The first-order valence-electron chi connectivity index (χ1n) is 4.87. The van der Waals surface area contributed by atoms with E-state index in [9.17, 15) is 0 Å². The predicted octanol–water partition coefficient (Wildman–Crippen LogP) is 1.58. The van der Waals surface area contributed by atoms with E-state index in [1.807, 2.05) is 12.3 Å². The molecule has 16 heavy (non-hydrogen) atoms. The maximum atomic E-state index is 4.33. The average Bonchev–Trinajstić information content (AvgIpc) is 2.87. The van der Waals surface area contributed by atoms with Crippen molar-refractivity contribution in [1.82, 2.24) is 24.4 Å². The molecule has 1 N–H and O–H groups in total. The van der Waals surface area contributed by atoms with E-state index in [1.54, 1.807) is 12.5 Å². The second-order valence-corrected chi connectivity index (χ2v) is 4.98. The number of quaternary nitrogens is 1. The number of fused-ring (bicyclic) bond motifs is 1. The summed E-state index contributed by atoms with van der Waals surface area (Å²) in [6, 6.07) is 0. The number of aromatic amines is 1. The second-order valence-electron chi connectivity index (χ2n) is 3.91. The number of hydrogen-bond acceptors (Lipinski definition) is 3. The lowest BCUT2D eigenvalue weighted by molar-refractivity contribution is 0.718. The topological polar surface area (TPSA) is 54.5 Å². The third-order valence-electron chi connectivity index (χ3n) is 2.64. The van der Waals surface area contributed by atoms with Crippen LogP contribution in [0.5, 0.6) is 0 Å². The van der Waals surface area contributed by atoms with Gasteiger partial charge in [0, 0.05) is 17.8 Å². The van der Waals surface area contributed by atoms with E-state index in [2.05, 4.69) is 42.8 Å². The highest BCUT2D eigenvalue weighted by Crippen LogP contribution is 2.39. The molecule has 6 heteroatoms. The molecule has 0 spiro atoms. The molecular weight excluding hydrogens is 221 g/mol. The van der Waals surface area contributed by atoms with Gasteiger partial charge in [-0.25, -0.2) is 9.24 Å². The zero-order valence-corrected chi connectivity index (χ0v) is 9.91. The van der Waals surface area contributed by atoms with Crippen molar-refractivity contribution in [3.8, 4) is 11.3 Å².